The highest BCUT2D eigenvalue weighted by molar-refractivity contribution is 7.92. The maximum atomic E-state index is 12.6. The Balaban J connectivity index is 1.45. The molecule has 7 heteroatoms. The van der Waals surface area contributed by atoms with Gasteiger partial charge in [-0.15, -0.1) is 0 Å². The Morgan fingerprint density at radius 3 is 2.26 bits per heavy atom. The number of benzene rings is 3. The van der Waals surface area contributed by atoms with E-state index in [0.29, 0.717) is 24.4 Å². The van der Waals surface area contributed by atoms with Gasteiger partial charge in [0.1, 0.15) is 5.75 Å². The van der Waals surface area contributed by atoms with Gasteiger partial charge in [-0.25, -0.2) is 8.42 Å². The normalized spacial score (nSPS) is 11.0. The van der Waals surface area contributed by atoms with Gasteiger partial charge >= 0.3 is 0 Å². The molecule has 3 rings (SSSR count). The number of carbonyl (C=O) groups is 1. The van der Waals surface area contributed by atoms with Gasteiger partial charge in [0.15, 0.2) is 0 Å². The Morgan fingerprint density at radius 2 is 1.55 bits per heavy atom. The first-order chi connectivity index (χ1) is 15.0. The quantitative estimate of drug-likeness (QED) is 0.460. The molecule has 6 nitrogen and oxygen atoms in total. The lowest BCUT2D eigenvalue weighted by Gasteiger charge is -2.11. The third kappa shape index (κ3) is 6.58. The first kappa shape index (κ1) is 22.4. The molecule has 31 heavy (non-hydrogen) atoms. The molecular weight excluding hydrogens is 412 g/mol. The Kier molecular flexibility index (Phi) is 7.67. The lowest BCUT2D eigenvalue weighted by atomic mass is 10.2. The molecule has 0 aliphatic rings. The summed E-state index contributed by atoms with van der Waals surface area (Å²) >= 11 is 0. The summed E-state index contributed by atoms with van der Waals surface area (Å²) in [6, 6.07) is 22.6. The minimum Gasteiger partial charge on any atom is -0.494 e. The summed E-state index contributed by atoms with van der Waals surface area (Å²) in [6.45, 7) is 2.94. The van der Waals surface area contributed by atoms with Crippen LogP contribution in [0.15, 0.2) is 83.8 Å². The van der Waals surface area contributed by atoms with E-state index in [2.05, 4.69) is 10.0 Å². The number of hydrogen-bond acceptors (Lipinski definition) is 4. The average molecular weight is 439 g/mol. The van der Waals surface area contributed by atoms with Crippen molar-refractivity contribution >= 4 is 21.6 Å². The molecule has 2 N–H and O–H groups in total. The van der Waals surface area contributed by atoms with Crippen LogP contribution in [0.2, 0.25) is 0 Å². The first-order valence-electron chi connectivity index (χ1n) is 10.1. The number of hydrogen-bond donors (Lipinski definition) is 2. The first-order valence-corrected chi connectivity index (χ1v) is 11.6. The third-order valence-electron chi connectivity index (χ3n) is 4.68. The van der Waals surface area contributed by atoms with Crippen molar-refractivity contribution in [1.29, 1.82) is 0 Å². The summed E-state index contributed by atoms with van der Waals surface area (Å²) in [6.07, 6.45) is 1.60. The molecule has 0 bridgehead atoms. The van der Waals surface area contributed by atoms with Crippen molar-refractivity contribution in [1.82, 2.24) is 5.32 Å². The summed E-state index contributed by atoms with van der Waals surface area (Å²) in [7, 11) is -3.72. The van der Waals surface area contributed by atoms with Crippen LogP contribution in [-0.4, -0.2) is 27.5 Å². The maximum Gasteiger partial charge on any atom is 0.261 e. The molecule has 162 valence electrons. The fourth-order valence-corrected chi connectivity index (χ4v) is 4.05. The van der Waals surface area contributed by atoms with E-state index >= 15 is 0 Å². The SMILES string of the molecule is Cc1ccccc1NS(=O)(=O)c1ccc(C(=O)NCCCCOc2ccccc2)cc1. The molecule has 0 aliphatic carbocycles. The fourth-order valence-electron chi connectivity index (χ4n) is 2.91. The highest BCUT2D eigenvalue weighted by Crippen LogP contribution is 2.19. The lowest BCUT2D eigenvalue weighted by molar-refractivity contribution is 0.0952. The van der Waals surface area contributed by atoms with Crippen molar-refractivity contribution < 1.29 is 17.9 Å². The molecule has 0 heterocycles. The Hall–Kier alpha value is -3.32. The van der Waals surface area contributed by atoms with Crippen LogP contribution in [0.25, 0.3) is 0 Å². The summed E-state index contributed by atoms with van der Waals surface area (Å²) in [5.41, 5.74) is 1.77. The monoisotopic (exact) mass is 438 g/mol. The van der Waals surface area contributed by atoms with Gasteiger partial charge in [0, 0.05) is 12.1 Å². The molecule has 0 aliphatic heterocycles. The zero-order valence-corrected chi connectivity index (χ0v) is 18.2. The highest BCUT2D eigenvalue weighted by atomic mass is 32.2. The topological polar surface area (TPSA) is 84.5 Å². The number of unbranched alkanes of at least 4 members (excludes halogenated alkanes) is 1. The molecule has 3 aromatic carbocycles. The molecule has 0 unspecified atom stereocenters. The highest BCUT2D eigenvalue weighted by Gasteiger charge is 2.16. The predicted molar refractivity (Wildman–Crippen MR) is 122 cm³/mol. The van der Waals surface area contributed by atoms with Crippen molar-refractivity contribution in [2.45, 2.75) is 24.7 Å². The fraction of sp³-hybridized carbons (Fsp3) is 0.208. The van der Waals surface area contributed by atoms with Crippen molar-refractivity contribution in [2.24, 2.45) is 0 Å². The predicted octanol–water partition coefficient (Wildman–Crippen LogP) is 4.38. The van der Waals surface area contributed by atoms with Gasteiger partial charge in [-0.05, 0) is 67.8 Å². The van der Waals surface area contributed by atoms with Crippen LogP contribution in [0.5, 0.6) is 5.75 Å². The number of rotatable bonds is 10. The number of carbonyl (C=O) groups excluding carboxylic acids is 1. The van der Waals surface area contributed by atoms with E-state index in [4.69, 9.17) is 4.74 Å². The zero-order chi connectivity index (χ0) is 22.1. The van der Waals surface area contributed by atoms with E-state index in [1.54, 1.807) is 12.1 Å². The molecule has 0 radical (unpaired) electrons. The number of sulfonamides is 1. The second kappa shape index (κ2) is 10.6. The number of ether oxygens (including phenoxy) is 1. The zero-order valence-electron chi connectivity index (χ0n) is 17.4. The van der Waals surface area contributed by atoms with Crippen LogP contribution in [0.3, 0.4) is 0 Å². The number of anilines is 1. The van der Waals surface area contributed by atoms with E-state index in [1.807, 2.05) is 49.4 Å². The van der Waals surface area contributed by atoms with Gasteiger partial charge in [-0.3, -0.25) is 9.52 Å². The van der Waals surface area contributed by atoms with E-state index in [1.165, 1.54) is 24.3 Å². The Labute approximate surface area is 183 Å². The average Bonchev–Trinajstić information content (AvgIpc) is 2.78. The molecule has 0 atom stereocenters. The molecule has 0 fully saturated rings. The van der Waals surface area contributed by atoms with Gasteiger partial charge in [0.2, 0.25) is 0 Å². The van der Waals surface area contributed by atoms with E-state index in [9.17, 15) is 13.2 Å². The lowest BCUT2D eigenvalue weighted by Crippen LogP contribution is -2.24. The van der Waals surface area contributed by atoms with Crippen LogP contribution in [0.4, 0.5) is 5.69 Å². The minimum atomic E-state index is -3.72. The van der Waals surface area contributed by atoms with Gasteiger partial charge in [-0.1, -0.05) is 36.4 Å². The molecule has 3 aromatic rings. The number of para-hydroxylation sites is 2. The van der Waals surface area contributed by atoms with E-state index < -0.39 is 10.0 Å². The van der Waals surface area contributed by atoms with Crippen LogP contribution in [0.1, 0.15) is 28.8 Å². The van der Waals surface area contributed by atoms with Crippen LogP contribution in [-0.2, 0) is 10.0 Å². The van der Waals surface area contributed by atoms with Crippen LogP contribution < -0.4 is 14.8 Å². The van der Waals surface area contributed by atoms with Crippen molar-refractivity contribution in [3.63, 3.8) is 0 Å². The van der Waals surface area contributed by atoms with Gasteiger partial charge in [-0.2, -0.15) is 0 Å². The van der Waals surface area contributed by atoms with Crippen LogP contribution in [0, 0.1) is 6.92 Å². The van der Waals surface area contributed by atoms with E-state index in [0.717, 1.165) is 24.2 Å². The maximum absolute atomic E-state index is 12.6. The second-order valence-electron chi connectivity index (χ2n) is 7.07. The standard InChI is InChI=1S/C24H26N2O4S/c1-19-9-5-6-12-23(19)26-31(28,29)22-15-13-20(14-16-22)24(27)25-17-7-8-18-30-21-10-3-2-4-11-21/h2-6,9-16,26H,7-8,17-18H2,1H3,(H,25,27). The van der Waals surface area contributed by atoms with Crippen molar-refractivity contribution in [3.05, 3.63) is 90.0 Å². The molecule has 0 spiro atoms. The Bertz CT molecular complexity index is 1100. The summed E-state index contributed by atoms with van der Waals surface area (Å²) in [5.74, 6) is 0.596. The van der Waals surface area contributed by atoms with Crippen molar-refractivity contribution in [2.75, 3.05) is 17.9 Å². The summed E-state index contributed by atoms with van der Waals surface area (Å²) in [5, 5.41) is 2.84. The van der Waals surface area contributed by atoms with Crippen LogP contribution >= 0.6 is 0 Å². The number of aryl methyl sites for hydroxylation is 1. The third-order valence-corrected chi connectivity index (χ3v) is 6.07. The summed E-state index contributed by atoms with van der Waals surface area (Å²) in [4.78, 5) is 12.4. The Morgan fingerprint density at radius 1 is 0.871 bits per heavy atom. The molecule has 1 amide bonds. The number of nitrogens with one attached hydrogen (secondary N) is 2. The smallest absolute Gasteiger partial charge is 0.261 e. The van der Waals surface area contributed by atoms with E-state index in [-0.39, 0.29) is 10.8 Å². The van der Waals surface area contributed by atoms with Gasteiger partial charge < -0.3 is 10.1 Å². The molecule has 0 saturated carbocycles. The molecule has 0 aromatic heterocycles. The molecular formula is C24H26N2O4S. The van der Waals surface area contributed by atoms with Gasteiger partial charge in [0.05, 0.1) is 17.2 Å². The number of amides is 1. The van der Waals surface area contributed by atoms with Gasteiger partial charge in [0.25, 0.3) is 15.9 Å². The summed E-state index contributed by atoms with van der Waals surface area (Å²) < 4.78 is 33.4. The second-order valence-corrected chi connectivity index (χ2v) is 8.75. The minimum absolute atomic E-state index is 0.102. The van der Waals surface area contributed by atoms with Crippen molar-refractivity contribution in [3.8, 4) is 5.75 Å². The molecule has 0 saturated heterocycles. The largest absolute Gasteiger partial charge is 0.494 e.